The van der Waals surface area contributed by atoms with Gasteiger partial charge in [-0.05, 0) is 30.7 Å². The maximum atomic E-state index is 6.41. The maximum absolute atomic E-state index is 6.41. The molecule has 0 aliphatic carbocycles. The van der Waals surface area contributed by atoms with Gasteiger partial charge in [-0.15, -0.1) is 5.10 Å². The first-order valence-corrected chi connectivity index (χ1v) is 8.00. The number of aromatic nitrogens is 4. The van der Waals surface area contributed by atoms with Crippen LogP contribution in [0.3, 0.4) is 0 Å². The number of aryl methyl sites for hydroxylation is 1. The van der Waals surface area contributed by atoms with E-state index in [0.717, 1.165) is 17.2 Å². The van der Waals surface area contributed by atoms with Crippen LogP contribution in [0, 0.1) is 6.92 Å². The fraction of sp³-hybridized carbons (Fsp3) is 0.235. The molecule has 122 valence electrons. The minimum atomic E-state index is 0.521. The summed E-state index contributed by atoms with van der Waals surface area (Å²) in [5.74, 6) is 3.56. The number of rotatable bonds is 3. The first-order valence-electron chi connectivity index (χ1n) is 7.62. The largest absolute Gasteiger partial charge is 0.486 e. The molecule has 0 unspecified atom stereocenters. The summed E-state index contributed by atoms with van der Waals surface area (Å²) < 4.78 is 12.9. The van der Waals surface area contributed by atoms with Crippen molar-refractivity contribution in [1.82, 2.24) is 19.7 Å². The highest BCUT2D eigenvalue weighted by atomic mass is 35.5. The van der Waals surface area contributed by atoms with E-state index in [1.807, 2.05) is 31.2 Å². The lowest BCUT2D eigenvalue weighted by atomic mass is 10.1. The highest BCUT2D eigenvalue weighted by Gasteiger charge is 2.18. The third-order valence-electron chi connectivity index (χ3n) is 3.71. The Morgan fingerprint density at radius 3 is 2.71 bits per heavy atom. The van der Waals surface area contributed by atoms with E-state index < -0.39 is 0 Å². The van der Waals surface area contributed by atoms with Gasteiger partial charge >= 0.3 is 0 Å². The van der Waals surface area contributed by atoms with E-state index in [2.05, 4.69) is 15.1 Å². The van der Waals surface area contributed by atoms with Crippen molar-refractivity contribution in [3.63, 3.8) is 0 Å². The summed E-state index contributed by atoms with van der Waals surface area (Å²) in [5.41, 5.74) is 0.908. The lowest BCUT2D eigenvalue weighted by Crippen LogP contribution is -2.15. The molecule has 0 N–H and O–H groups in total. The molecule has 4 rings (SSSR count). The van der Waals surface area contributed by atoms with Gasteiger partial charge in [0.2, 0.25) is 0 Å². The van der Waals surface area contributed by atoms with Gasteiger partial charge in [0, 0.05) is 23.7 Å². The Bertz CT molecular complexity index is 880. The molecule has 3 aromatic rings. The number of ether oxygens (including phenoxy) is 2. The monoisotopic (exact) mass is 342 g/mol. The quantitative estimate of drug-likeness (QED) is 0.732. The van der Waals surface area contributed by atoms with Crippen LogP contribution in [0.1, 0.15) is 17.2 Å². The van der Waals surface area contributed by atoms with E-state index in [4.69, 9.17) is 21.1 Å². The Kier molecular flexibility index (Phi) is 3.82. The average Bonchev–Trinajstić information content (AvgIpc) is 2.97. The van der Waals surface area contributed by atoms with Gasteiger partial charge in [0.25, 0.3) is 0 Å². The van der Waals surface area contributed by atoms with Crippen LogP contribution in [-0.4, -0.2) is 33.0 Å². The number of nitrogens with zero attached hydrogens (tertiary/aromatic N) is 4. The van der Waals surface area contributed by atoms with Crippen LogP contribution in [0.25, 0.3) is 5.82 Å². The first-order chi connectivity index (χ1) is 11.7. The zero-order chi connectivity index (χ0) is 16.5. The number of hydrogen-bond donors (Lipinski definition) is 0. The van der Waals surface area contributed by atoms with E-state index in [1.165, 1.54) is 0 Å². The third kappa shape index (κ3) is 2.80. The minimum Gasteiger partial charge on any atom is -0.486 e. The Morgan fingerprint density at radius 2 is 1.96 bits per heavy atom. The van der Waals surface area contributed by atoms with Crippen LogP contribution in [0.15, 0.2) is 36.5 Å². The van der Waals surface area contributed by atoms with Crippen molar-refractivity contribution in [2.24, 2.45) is 0 Å². The van der Waals surface area contributed by atoms with Crippen molar-refractivity contribution in [2.75, 3.05) is 13.2 Å². The molecule has 0 saturated carbocycles. The van der Waals surface area contributed by atoms with Gasteiger partial charge in [0.15, 0.2) is 17.3 Å². The second kappa shape index (κ2) is 6.13. The van der Waals surface area contributed by atoms with Crippen molar-refractivity contribution in [3.8, 4) is 17.3 Å². The molecule has 1 aromatic carbocycles. The van der Waals surface area contributed by atoms with Crippen LogP contribution >= 0.6 is 11.6 Å². The molecular weight excluding hydrogens is 328 g/mol. The topological polar surface area (TPSA) is 62.1 Å². The maximum Gasteiger partial charge on any atom is 0.162 e. The third-order valence-corrected chi connectivity index (χ3v) is 4.06. The zero-order valence-electron chi connectivity index (χ0n) is 13.1. The number of fused-ring (bicyclic) bond motifs is 1. The lowest BCUT2D eigenvalue weighted by molar-refractivity contribution is 0.171. The highest BCUT2D eigenvalue weighted by molar-refractivity contribution is 6.31. The Labute approximate surface area is 144 Å². The van der Waals surface area contributed by atoms with Gasteiger partial charge in [0.1, 0.15) is 24.9 Å². The van der Waals surface area contributed by atoms with Crippen molar-refractivity contribution in [2.45, 2.75) is 13.3 Å². The summed E-state index contributed by atoms with van der Waals surface area (Å²) in [6, 6.07) is 9.37. The fourth-order valence-electron chi connectivity index (χ4n) is 2.65. The van der Waals surface area contributed by atoms with E-state index in [1.54, 1.807) is 16.9 Å². The van der Waals surface area contributed by atoms with Gasteiger partial charge in [-0.3, -0.25) is 0 Å². The van der Waals surface area contributed by atoms with Gasteiger partial charge in [-0.2, -0.15) is 4.68 Å². The summed E-state index contributed by atoms with van der Waals surface area (Å²) in [4.78, 5) is 8.86. The van der Waals surface area contributed by atoms with Crippen molar-refractivity contribution in [3.05, 3.63) is 58.8 Å². The molecule has 0 atom stereocenters. The number of halogens is 1. The van der Waals surface area contributed by atoms with E-state index >= 15 is 0 Å². The van der Waals surface area contributed by atoms with Crippen LogP contribution in [0.2, 0.25) is 5.02 Å². The lowest BCUT2D eigenvalue weighted by Gasteiger charge is -2.19. The first kappa shape index (κ1) is 15.0. The molecule has 1 aliphatic rings. The normalized spacial score (nSPS) is 13.1. The molecule has 0 radical (unpaired) electrons. The average molecular weight is 343 g/mol. The Hall–Kier alpha value is -2.60. The Morgan fingerprint density at radius 1 is 1.17 bits per heavy atom. The summed E-state index contributed by atoms with van der Waals surface area (Å²) >= 11 is 6.41. The predicted molar refractivity (Wildman–Crippen MR) is 89.1 cm³/mol. The molecule has 6 nitrogen and oxygen atoms in total. The second-order valence-electron chi connectivity index (χ2n) is 5.44. The van der Waals surface area contributed by atoms with E-state index in [9.17, 15) is 0 Å². The molecule has 0 amide bonds. The number of pyridine rings is 1. The molecule has 0 spiro atoms. The second-order valence-corrected chi connectivity index (χ2v) is 5.85. The van der Waals surface area contributed by atoms with Crippen molar-refractivity contribution in [1.29, 1.82) is 0 Å². The fourth-order valence-corrected chi connectivity index (χ4v) is 2.87. The van der Waals surface area contributed by atoms with Gasteiger partial charge in [-0.25, -0.2) is 9.97 Å². The van der Waals surface area contributed by atoms with Crippen LogP contribution in [-0.2, 0) is 6.42 Å². The molecular formula is C17H15ClN4O2. The van der Waals surface area contributed by atoms with Gasteiger partial charge < -0.3 is 9.47 Å². The van der Waals surface area contributed by atoms with Crippen LogP contribution in [0.5, 0.6) is 11.5 Å². The van der Waals surface area contributed by atoms with Crippen molar-refractivity contribution >= 4 is 11.6 Å². The summed E-state index contributed by atoms with van der Waals surface area (Å²) in [6.07, 6.45) is 2.25. The SMILES string of the molecule is Cc1nc(Cc2cc3c(cc2Cl)OCCO3)n(-c2ccccn2)n1. The molecule has 1 aliphatic heterocycles. The van der Waals surface area contributed by atoms with E-state index in [-0.39, 0.29) is 0 Å². The summed E-state index contributed by atoms with van der Waals surface area (Å²) in [7, 11) is 0. The zero-order valence-corrected chi connectivity index (χ0v) is 13.8. The Balaban J connectivity index is 1.72. The molecule has 2 aromatic heterocycles. The smallest absolute Gasteiger partial charge is 0.162 e. The number of hydrogen-bond acceptors (Lipinski definition) is 5. The van der Waals surface area contributed by atoms with Crippen LogP contribution < -0.4 is 9.47 Å². The summed E-state index contributed by atoms with van der Waals surface area (Å²) in [6.45, 7) is 2.93. The molecule has 0 bridgehead atoms. The highest BCUT2D eigenvalue weighted by Crippen LogP contribution is 2.36. The minimum absolute atomic E-state index is 0.521. The predicted octanol–water partition coefficient (Wildman–Crippen LogP) is 2.99. The standard InChI is InChI=1S/C17H15ClN4O2/c1-11-20-17(22(21-11)16-4-2-3-5-19-16)9-12-8-14-15(10-13(12)18)24-7-6-23-14/h2-5,8,10H,6-7,9H2,1H3. The van der Waals surface area contributed by atoms with Crippen LogP contribution in [0.4, 0.5) is 0 Å². The van der Waals surface area contributed by atoms with Crippen molar-refractivity contribution < 1.29 is 9.47 Å². The molecule has 24 heavy (non-hydrogen) atoms. The van der Waals surface area contributed by atoms with Gasteiger partial charge in [-0.1, -0.05) is 17.7 Å². The van der Waals surface area contributed by atoms with E-state index in [0.29, 0.717) is 42.0 Å². The van der Waals surface area contributed by atoms with Gasteiger partial charge in [0.05, 0.1) is 0 Å². The number of benzene rings is 1. The summed E-state index contributed by atoms with van der Waals surface area (Å²) in [5, 5.41) is 5.06. The molecule has 3 heterocycles. The molecule has 0 fully saturated rings. The molecule has 7 heteroatoms. The molecule has 0 saturated heterocycles.